The molecule has 2 heterocycles. The van der Waals surface area contributed by atoms with E-state index in [9.17, 15) is 28.1 Å². The zero-order valence-corrected chi connectivity index (χ0v) is 22.8. The molecule has 0 saturated carbocycles. The lowest BCUT2D eigenvalue weighted by molar-refractivity contribution is -0.388. The summed E-state index contributed by atoms with van der Waals surface area (Å²) < 4.78 is 39.8. The van der Waals surface area contributed by atoms with E-state index in [4.69, 9.17) is 0 Å². The Morgan fingerprint density at radius 2 is 1.68 bits per heavy atom. The molecule has 7 nitrogen and oxygen atoms in total. The first kappa shape index (κ1) is 31.2. The van der Waals surface area contributed by atoms with Gasteiger partial charge in [-0.3, -0.25) is 14.9 Å². The van der Waals surface area contributed by atoms with Crippen LogP contribution in [0.15, 0.2) is 42.5 Å². The molecule has 1 amide bonds. The predicted octanol–water partition coefficient (Wildman–Crippen LogP) is 7.26. The number of nitro groups is 1. The molecule has 2 aliphatic heterocycles. The van der Waals surface area contributed by atoms with Gasteiger partial charge < -0.3 is 15.1 Å². The van der Waals surface area contributed by atoms with Crippen molar-refractivity contribution in [2.75, 3.05) is 36.4 Å². The van der Waals surface area contributed by atoms with Gasteiger partial charge in [0.25, 0.3) is 5.69 Å². The fraction of sp³-hybridized carbons (Fsp3) is 0.567. The van der Waals surface area contributed by atoms with Gasteiger partial charge in [0.2, 0.25) is 5.91 Å². The van der Waals surface area contributed by atoms with Crippen molar-refractivity contribution in [2.45, 2.75) is 77.9 Å². The van der Waals surface area contributed by atoms with Gasteiger partial charge in [-0.25, -0.2) is 0 Å². The fourth-order valence-corrected chi connectivity index (χ4v) is 5.49. The molecule has 220 valence electrons. The Bertz CT molecular complexity index is 1170. The van der Waals surface area contributed by atoms with Gasteiger partial charge in [-0.15, -0.1) is 0 Å². The number of likely N-dealkylation sites (tertiary alicyclic amines) is 1. The minimum Gasteiger partial charge on any atom is -0.380 e. The number of hydrogen-bond acceptors (Lipinski definition) is 5. The van der Waals surface area contributed by atoms with Crippen LogP contribution in [-0.2, 0) is 16.4 Å². The van der Waals surface area contributed by atoms with Crippen LogP contribution in [-0.4, -0.2) is 48.0 Å². The molecule has 10 heteroatoms. The topological polar surface area (TPSA) is 78.7 Å². The van der Waals surface area contributed by atoms with E-state index in [1.807, 2.05) is 0 Å². The largest absolute Gasteiger partial charge is 0.423 e. The van der Waals surface area contributed by atoms with Crippen molar-refractivity contribution in [3.63, 3.8) is 0 Å². The van der Waals surface area contributed by atoms with Gasteiger partial charge in [-0.1, -0.05) is 40.3 Å². The molecule has 2 aromatic carbocycles. The maximum Gasteiger partial charge on any atom is 0.423 e. The summed E-state index contributed by atoms with van der Waals surface area (Å²) in [6.45, 7) is 9.51. The molecule has 40 heavy (non-hydrogen) atoms. The number of anilines is 2. The van der Waals surface area contributed by atoms with Crippen LogP contribution in [0.25, 0.3) is 0 Å². The standard InChI is InChI=1S/C29H37F3N4O3.CH4/c1-28(2,3)21-5-8-24(9-6-21)34-15-12-20(13-16-34)4-11-27(37)35-17-14-23(19-35)33-22-7-10-26(36(38)39)25(18-22)29(30,31)32;/h5-10,18,20,23,33H,4,11-17,19H2,1-3H3;1H4/t23-;/m1./s1. The highest BCUT2D eigenvalue weighted by molar-refractivity contribution is 5.76. The number of amides is 1. The van der Waals surface area contributed by atoms with Crippen LogP contribution in [0, 0.1) is 16.0 Å². The Morgan fingerprint density at radius 1 is 1.02 bits per heavy atom. The molecule has 1 N–H and O–H groups in total. The van der Waals surface area contributed by atoms with Crippen molar-refractivity contribution in [1.82, 2.24) is 4.90 Å². The molecule has 2 fully saturated rings. The number of carbonyl (C=O) groups excluding carboxylic acids is 1. The van der Waals surface area contributed by atoms with E-state index in [1.54, 1.807) is 4.90 Å². The molecule has 0 aliphatic carbocycles. The Kier molecular flexibility index (Phi) is 9.74. The lowest BCUT2D eigenvalue weighted by Crippen LogP contribution is -2.35. The van der Waals surface area contributed by atoms with Crippen LogP contribution in [0.3, 0.4) is 0 Å². The predicted molar refractivity (Wildman–Crippen MR) is 153 cm³/mol. The van der Waals surface area contributed by atoms with Gasteiger partial charge in [0.1, 0.15) is 5.56 Å². The van der Waals surface area contributed by atoms with Crippen LogP contribution < -0.4 is 10.2 Å². The SMILES string of the molecule is C.CC(C)(C)c1ccc(N2CCC(CCC(=O)N3CC[C@@H](Nc4ccc([N+](=O)[O-])c(C(F)(F)F)c4)C3)CC2)cc1. The lowest BCUT2D eigenvalue weighted by Gasteiger charge is -2.34. The van der Waals surface area contributed by atoms with Crippen molar-refractivity contribution in [3.05, 3.63) is 63.7 Å². The first-order chi connectivity index (χ1) is 18.3. The van der Waals surface area contributed by atoms with E-state index in [0.29, 0.717) is 31.8 Å². The normalized spacial score (nSPS) is 18.4. The first-order valence-corrected chi connectivity index (χ1v) is 13.6. The quantitative estimate of drug-likeness (QED) is 0.284. The minimum atomic E-state index is -4.83. The Labute approximate surface area is 234 Å². The van der Waals surface area contributed by atoms with Gasteiger partial charge in [0, 0.05) is 56.1 Å². The maximum absolute atomic E-state index is 13.3. The summed E-state index contributed by atoms with van der Waals surface area (Å²) in [6.07, 6.45) is -0.837. The molecule has 0 aromatic heterocycles. The third-order valence-electron chi connectivity index (χ3n) is 7.89. The number of nitrogens with one attached hydrogen (secondary N) is 1. The van der Waals surface area contributed by atoms with Crippen LogP contribution >= 0.6 is 0 Å². The summed E-state index contributed by atoms with van der Waals surface area (Å²) in [5.74, 6) is 0.565. The van der Waals surface area contributed by atoms with E-state index >= 15 is 0 Å². The van der Waals surface area contributed by atoms with E-state index in [-0.39, 0.29) is 30.5 Å². The summed E-state index contributed by atoms with van der Waals surface area (Å²) >= 11 is 0. The highest BCUT2D eigenvalue weighted by atomic mass is 19.4. The summed E-state index contributed by atoms with van der Waals surface area (Å²) in [6, 6.07) is 11.5. The lowest BCUT2D eigenvalue weighted by atomic mass is 9.87. The number of nitro benzene ring substituents is 1. The van der Waals surface area contributed by atoms with Crippen molar-refractivity contribution >= 4 is 23.0 Å². The average Bonchev–Trinajstić information content (AvgIpc) is 3.35. The second kappa shape index (κ2) is 12.5. The van der Waals surface area contributed by atoms with Crippen LogP contribution in [0.1, 0.15) is 71.4 Å². The molecule has 0 bridgehead atoms. The zero-order valence-electron chi connectivity index (χ0n) is 22.8. The molecule has 2 aliphatic rings. The molecule has 2 aromatic rings. The monoisotopic (exact) mass is 562 g/mol. The van der Waals surface area contributed by atoms with Gasteiger partial charge >= 0.3 is 6.18 Å². The van der Waals surface area contributed by atoms with Crippen molar-refractivity contribution in [2.24, 2.45) is 5.92 Å². The zero-order chi connectivity index (χ0) is 28.4. The second-order valence-electron chi connectivity index (χ2n) is 11.7. The molecule has 0 unspecified atom stereocenters. The summed E-state index contributed by atoms with van der Waals surface area (Å²) in [5.41, 5.74) is 0.593. The number of rotatable bonds is 7. The van der Waals surface area contributed by atoms with E-state index < -0.39 is 22.4 Å². The fourth-order valence-electron chi connectivity index (χ4n) is 5.49. The number of carbonyl (C=O) groups is 1. The Morgan fingerprint density at radius 3 is 2.25 bits per heavy atom. The Balaban J connectivity index is 0.00000441. The number of halogens is 3. The first-order valence-electron chi connectivity index (χ1n) is 13.6. The number of hydrogen-bond donors (Lipinski definition) is 1. The van der Waals surface area contributed by atoms with Crippen LogP contribution in [0.4, 0.5) is 30.2 Å². The number of alkyl halides is 3. The third kappa shape index (κ3) is 7.67. The van der Waals surface area contributed by atoms with Gasteiger partial charge in [0.05, 0.1) is 4.92 Å². The molecule has 0 spiro atoms. The van der Waals surface area contributed by atoms with Crippen LogP contribution in [0.2, 0.25) is 0 Å². The third-order valence-corrected chi connectivity index (χ3v) is 7.89. The van der Waals surface area contributed by atoms with Crippen molar-refractivity contribution in [3.8, 4) is 0 Å². The highest BCUT2D eigenvalue weighted by Gasteiger charge is 2.38. The summed E-state index contributed by atoms with van der Waals surface area (Å²) in [7, 11) is 0. The molecular formula is C30H41F3N4O3. The van der Waals surface area contributed by atoms with Gasteiger partial charge in [-0.2, -0.15) is 13.2 Å². The summed E-state index contributed by atoms with van der Waals surface area (Å²) in [5, 5.41) is 14.0. The molecular weight excluding hydrogens is 521 g/mol. The molecule has 4 rings (SSSR count). The minimum absolute atomic E-state index is 0. The number of piperidine rings is 1. The molecule has 2 saturated heterocycles. The highest BCUT2D eigenvalue weighted by Crippen LogP contribution is 2.38. The smallest absolute Gasteiger partial charge is 0.380 e. The van der Waals surface area contributed by atoms with Crippen molar-refractivity contribution < 1.29 is 22.9 Å². The van der Waals surface area contributed by atoms with Gasteiger partial charge in [0.15, 0.2) is 0 Å². The van der Waals surface area contributed by atoms with E-state index in [2.05, 4.69) is 55.3 Å². The van der Waals surface area contributed by atoms with E-state index in [0.717, 1.165) is 44.5 Å². The number of nitrogens with zero attached hydrogens (tertiary/aromatic N) is 3. The van der Waals surface area contributed by atoms with Gasteiger partial charge in [-0.05, 0) is 66.8 Å². The molecule has 0 radical (unpaired) electrons. The maximum atomic E-state index is 13.3. The second-order valence-corrected chi connectivity index (χ2v) is 11.7. The van der Waals surface area contributed by atoms with Crippen molar-refractivity contribution in [1.29, 1.82) is 0 Å². The summed E-state index contributed by atoms with van der Waals surface area (Å²) in [4.78, 5) is 27.0. The number of benzene rings is 2. The average molecular weight is 563 g/mol. The van der Waals surface area contributed by atoms with E-state index in [1.165, 1.54) is 17.3 Å². The Hall–Kier alpha value is -3.30. The molecule has 1 atom stereocenters. The van der Waals surface area contributed by atoms with Crippen LogP contribution in [0.5, 0.6) is 0 Å².